The number of aryl methyl sites for hydroxylation is 1. The third kappa shape index (κ3) is 5.16. The van der Waals surface area contributed by atoms with Crippen molar-refractivity contribution in [2.24, 2.45) is 5.73 Å². The Morgan fingerprint density at radius 2 is 1.81 bits per heavy atom. The highest BCUT2D eigenvalue weighted by Crippen LogP contribution is 2.30. The third-order valence-corrected chi connectivity index (χ3v) is 6.48. The van der Waals surface area contributed by atoms with Gasteiger partial charge in [0, 0.05) is 17.6 Å². The standard InChI is InChI=1S/C27H34N2O3/c1-3-4-5-21-16-25-20(17-26(21)32-24-12-8-22(28)9-13-24)14-15-29(27(25)30)18-19-6-10-23(31-2)11-7-19/h6-7,10-11,14-17,22,24H,3-5,8-9,12-13,18,28H2,1-2H3. The van der Waals surface area contributed by atoms with E-state index in [1.807, 2.05) is 36.5 Å². The van der Waals surface area contributed by atoms with E-state index in [4.69, 9.17) is 15.2 Å². The Bertz CT molecular complexity index is 1100. The molecule has 170 valence electrons. The number of aromatic nitrogens is 1. The molecule has 0 amide bonds. The predicted molar refractivity (Wildman–Crippen MR) is 130 cm³/mol. The van der Waals surface area contributed by atoms with E-state index in [2.05, 4.69) is 19.1 Å². The van der Waals surface area contributed by atoms with Gasteiger partial charge >= 0.3 is 0 Å². The van der Waals surface area contributed by atoms with Gasteiger partial charge in [-0.25, -0.2) is 0 Å². The van der Waals surface area contributed by atoms with Crippen LogP contribution >= 0.6 is 0 Å². The summed E-state index contributed by atoms with van der Waals surface area (Å²) in [4.78, 5) is 13.3. The summed E-state index contributed by atoms with van der Waals surface area (Å²) in [5, 5.41) is 1.69. The Morgan fingerprint density at radius 1 is 1.06 bits per heavy atom. The van der Waals surface area contributed by atoms with Crippen molar-refractivity contribution in [3.63, 3.8) is 0 Å². The number of fused-ring (bicyclic) bond motifs is 1. The van der Waals surface area contributed by atoms with Crippen LogP contribution in [0.3, 0.4) is 0 Å². The SMILES string of the molecule is CCCCc1cc2c(=O)n(Cc3ccc(OC)cc3)ccc2cc1OC1CCC(N)CC1. The molecule has 1 aliphatic carbocycles. The van der Waals surface area contributed by atoms with E-state index in [1.165, 1.54) is 0 Å². The molecule has 4 rings (SSSR count). The number of ether oxygens (including phenoxy) is 2. The van der Waals surface area contributed by atoms with Crippen molar-refractivity contribution in [1.29, 1.82) is 0 Å². The molecule has 2 aromatic carbocycles. The van der Waals surface area contributed by atoms with Crippen molar-refractivity contribution >= 4 is 10.8 Å². The first-order chi connectivity index (χ1) is 15.6. The van der Waals surface area contributed by atoms with Crippen LogP contribution in [0.1, 0.15) is 56.6 Å². The molecular formula is C27H34N2O3. The Hall–Kier alpha value is -2.79. The van der Waals surface area contributed by atoms with Crippen LogP contribution in [0.25, 0.3) is 10.8 Å². The number of hydrogen-bond acceptors (Lipinski definition) is 4. The van der Waals surface area contributed by atoms with Crippen LogP contribution in [0, 0.1) is 0 Å². The van der Waals surface area contributed by atoms with Crippen molar-refractivity contribution in [3.05, 3.63) is 70.1 Å². The van der Waals surface area contributed by atoms with Gasteiger partial charge in [0.05, 0.1) is 19.8 Å². The highest BCUT2D eigenvalue weighted by molar-refractivity contribution is 5.84. The first-order valence-electron chi connectivity index (χ1n) is 11.8. The van der Waals surface area contributed by atoms with Crippen LogP contribution < -0.4 is 20.8 Å². The zero-order chi connectivity index (χ0) is 22.5. The number of rotatable bonds is 8. The highest BCUT2D eigenvalue weighted by atomic mass is 16.5. The molecule has 0 spiro atoms. The minimum atomic E-state index is 0.0336. The van der Waals surface area contributed by atoms with E-state index < -0.39 is 0 Å². The maximum atomic E-state index is 13.3. The van der Waals surface area contributed by atoms with Gasteiger partial charge in [-0.15, -0.1) is 0 Å². The molecule has 1 heterocycles. The van der Waals surface area contributed by atoms with Gasteiger partial charge in [-0.05, 0) is 85.4 Å². The van der Waals surface area contributed by atoms with Gasteiger partial charge < -0.3 is 19.8 Å². The van der Waals surface area contributed by atoms with Crippen molar-refractivity contribution in [2.75, 3.05) is 7.11 Å². The van der Waals surface area contributed by atoms with E-state index in [9.17, 15) is 4.79 Å². The molecule has 32 heavy (non-hydrogen) atoms. The van der Waals surface area contributed by atoms with E-state index in [1.54, 1.807) is 11.7 Å². The van der Waals surface area contributed by atoms with Gasteiger partial charge in [0.1, 0.15) is 11.5 Å². The summed E-state index contributed by atoms with van der Waals surface area (Å²) in [5.41, 5.74) is 8.29. The summed E-state index contributed by atoms with van der Waals surface area (Å²) < 4.78 is 13.5. The summed E-state index contributed by atoms with van der Waals surface area (Å²) in [6.07, 6.45) is 9.20. The number of nitrogens with two attached hydrogens (primary N) is 1. The molecule has 1 aliphatic rings. The molecule has 0 atom stereocenters. The first-order valence-corrected chi connectivity index (χ1v) is 11.8. The smallest absolute Gasteiger partial charge is 0.258 e. The van der Waals surface area contributed by atoms with Crippen molar-refractivity contribution in [1.82, 2.24) is 4.57 Å². The van der Waals surface area contributed by atoms with Crippen molar-refractivity contribution < 1.29 is 9.47 Å². The van der Waals surface area contributed by atoms with Gasteiger partial charge in [-0.2, -0.15) is 0 Å². The fraction of sp³-hybridized carbons (Fsp3) is 0.444. The fourth-order valence-electron chi connectivity index (χ4n) is 4.47. The molecular weight excluding hydrogens is 400 g/mol. The minimum Gasteiger partial charge on any atom is -0.497 e. The van der Waals surface area contributed by atoms with Crippen molar-refractivity contribution in [2.45, 2.75) is 70.6 Å². The molecule has 5 nitrogen and oxygen atoms in total. The highest BCUT2D eigenvalue weighted by Gasteiger charge is 2.21. The summed E-state index contributed by atoms with van der Waals surface area (Å²) in [7, 11) is 1.65. The number of benzene rings is 2. The van der Waals surface area contributed by atoms with Gasteiger partial charge in [0.2, 0.25) is 0 Å². The Labute approximate surface area is 190 Å². The van der Waals surface area contributed by atoms with Crippen LogP contribution in [-0.2, 0) is 13.0 Å². The largest absolute Gasteiger partial charge is 0.497 e. The number of unbranched alkanes of at least 4 members (excludes halogenated alkanes) is 1. The lowest BCUT2D eigenvalue weighted by Gasteiger charge is -2.28. The van der Waals surface area contributed by atoms with Crippen LogP contribution in [-0.4, -0.2) is 23.8 Å². The number of nitrogens with zero attached hydrogens (tertiary/aromatic N) is 1. The fourth-order valence-corrected chi connectivity index (χ4v) is 4.47. The van der Waals surface area contributed by atoms with Crippen LogP contribution in [0.2, 0.25) is 0 Å². The van der Waals surface area contributed by atoms with Gasteiger partial charge in [0.25, 0.3) is 5.56 Å². The number of hydrogen-bond donors (Lipinski definition) is 1. The molecule has 0 radical (unpaired) electrons. The molecule has 1 saturated carbocycles. The summed E-state index contributed by atoms with van der Waals surface area (Å²) in [6, 6.07) is 14.3. The molecule has 2 N–H and O–H groups in total. The number of methoxy groups -OCH3 is 1. The summed E-state index contributed by atoms with van der Waals surface area (Å²) in [6.45, 7) is 2.72. The molecule has 1 aromatic heterocycles. The van der Waals surface area contributed by atoms with E-state index >= 15 is 0 Å². The lowest BCUT2D eigenvalue weighted by Crippen LogP contribution is -2.31. The summed E-state index contributed by atoms with van der Waals surface area (Å²) >= 11 is 0. The van der Waals surface area contributed by atoms with E-state index in [-0.39, 0.29) is 11.7 Å². The molecule has 3 aromatic rings. The summed E-state index contributed by atoms with van der Waals surface area (Å²) in [5.74, 6) is 1.74. The minimum absolute atomic E-state index is 0.0336. The Balaban J connectivity index is 1.64. The second-order valence-corrected chi connectivity index (χ2v) is 8.90. The topological polar surface area (TPSA) is 66.5 Å². The van der Waals surface area contributed by atoms with Gasteiger partial charge in [-0.1, -0.05) is 25.5 Å². The predicted octanol–water partition coefficient (Wildman–Crippen LogP) is 5.05. The maximum Gasteiger partial charge on any atom is 0.258 e. The lowest BCUT2D eigenvalue weighted by molar-refractivity contribution is 0.146. The van der Waals surface area contributed by atoms with Crippen molar-refractivity contribution in [3.8, 4) is 11.5 Å². The Morgan fingerprint density at radius 3 is 2.50 bits per heavy atom. The normalized spacial score (nSPS) is 18.6. The number of pyridine rings is 1. The Kier molecular flexibility index (Phi) is 7.15. The lowest BCUT2D eigenvalue weighted by atomic mass is 9.93. The van der Waals surface area contributed by atoms with Crippen LogP contribution in [0.5, 0.6) is 11.5 Å². The second-order valence-electron chi connectivity index (χ2n) is 8.90. The molecule has 5 heteroatoms. The van der Waals surface area contributed by atoms with Gasteiger partial charge in [0.15, 0.2) is 0 Å². The van der Waals surface area contributed by atoms with E-state index in [0.717, 1.165) is 78.3 Å². The molecule has 1 fully saturated rings. The molecule has 0 saturated heterocycles. The quantitative estimate of drug-likeness (QED) is 0.539. The average molecular weight is 435 g/mol. The molecule has 0 aliphatic heterocycles. The zero-order valence-corrected chi connectivity index (χ0v) is 19.2. The second kappa shape index (κ2) is 10.2. The molecule has 0 bridgehead atoms. The average Bonchev–Trinajstić information content (AvgIpc) is 2.82. The maximum absolute atomic E-state index is 13.3. The third-order valence-electron chi connectivity index (χ3n) is 6.48. The molecule has 0 unspecified atom stereocenters. The van der Waals surface area contributed by atoms with Crippen LogP contribution in [0.4, 0.5) is 0 Å². The van der Waals surface area contributed by atoms with Gasteiger partial charge in [-0.3, -0.25) is 4.79 Å². The zero-order valence-electron chi connectivity index (χ0n) is 19.2. The monoisotopic (exact) mass is 434 g/mol. The first kappa shape index (κ1) is 22.4. The van der Waals surface area contributed by atoms with Crippen LogP contribution in [0.15, 0.2) is 53.5 Å². The van der Waals surface area contributed by atoms with E-state index in [0.29, 0.717) is 12.6 Å².